The minimum absolute atomic E-state index is 0.216. The summed E-state index contributed by atoms with van der Waals surface area (Å²) < 4.78 is 36.8. The zero-order chi connectivity index (χ0) is 12.6. The van der Waals surface area contributed by atoms with Crippen LogP contribution in [0, 0.1) is 0 Å². The Balaban J connectivity index is 2.96. The van der Waals surface area contributed by atoms with E-state index < -0.39 is 10.1 Å². The second-order valence-electron chi connectivity index (χ2n) is 3.55. The maximum atomic E-state index is 11.3. The first kappa shape index (κ1) is 11.7. The largest absolute Gasteiger partial charge is 0.496 e. The lowest BCUT2D eigenvalue weighted by molar-refractivity contribution is 0.420. The first-order chi connectivity index (χ1) is 7.93. The molecule has 0 unspecified atom stereocenters. The predicted octanol–water partition coefficient (Wildman–Crippen LogP) is 1.68. The molecule has 0 aliphatic carbocycles. The molecule has 5 nitrogen and oxygen atoms in total. The summed E-state index contributed by atoms with van der Waals surface area (Å²) in [5, 5.41) is 0.920. The highest BCUT2D eigenvalue weighted by Gasteiger charge is 2.16. The van der Waals surface area contributed by atoms with Crippen LogP contribution in [0.5, 0.6) is 5.75 Å². The first-order valence-electron chi connectivity index (χ1n) is 4.77. The summed E-state index contributed by atoms with van der Waals surface area (Å²) in [7, 11) is -2.84. The third-order valence-electron chi connectivity index (χ3n) is 2.44. The molecule has 90 valence electrons. The molecule has 2 aromatic carbocycles. The summed E-state index contributed by atoms with van der Waals surface area (Å²) in [6.45, 7) is 0. The van der Waals surface area contributed by atoms with Crippen molar-refractivity contribution >= 4 is 26.6 Å². The van der Waals surface area contributed by atoms with Crippen molar-refractivity contribution in [1.82, 2.24) is 0 Å². The van der Waals surface area contributed by atoms with Crippen molar-refractivity contribution < 1.29 is 17.7 Å². The maximum Gasteiger partial charge on any atom is 0.295 e. The minimum Gasteiger partial charge on any atom is -0.496 e. The molecule has 2 rings (SSSR count). The van der Waals surface area contributed by atoms with Crippen LogP contribution < -0.4 is 10.5 Å². The van der Waals surface area contributed by atoms with E-state index in [9.17, 15) is 8.42 Å². The number of fused-ring (bicyclic) bond motifs is 1. The second kappa shape index (κ2) is 3.90. The van der Waals surface area contributed by atoms with E-state index in [1.54, 1.807) is 24.3 Å². The highest BCUT2D eigenvalue weighted by molar-refractivity contribution is 7.86. The standard InChI is InChI=1S/C11H11NO4S/c1-16-10-4-2-3-8-9(10)5-7(12)6-11(8)17(13,14)15/h2-6H,12H2,1H3,(H,13,14,15). The molecule has 0 aromatic heterocycles. The van der Waals surface area contributed by atoms with Gasteiger partial charge in [-0.1, -0.05) is 12.1 Å². The van der Waals surface area contributed by atoms with Gasteiger partial charge in [-0.15, -0.1) is 0 Å². The summed E-state index contributed by atoms with van der Waals surface area (Å²) in [5.74, 6) is 0.500. The van der Waals surface area contributed by atoms with Gasteiger partial charge in [-0.3, -0.25) is 4.55 Å². The molecule has 0 bridgehead atoms. The van der Waals surface area contributed by atoms with E-state index in [-0.39, 0.29) is 10.6 Å². The molecule has 0 radical (unpaired) electrons. The number of rotatable bonds is 2. The molecule has 0 aliphatic heterocycles. The second-order valence-corrected chi connectivity index (χ2v) is 4.94. The number of hydrogen-bond donors (Lipinski definition) is 2. The van der Waals surface area contributed by atoms with E-state index in [1.807, 2.05) is 0 Å². The van der Waals surface area contributed by atoms with Gasteiger partial charge in [-0.2, -0.15) is 8.42 Å². The number of benzene rings is 2. The van der Waals surface area contributed by atoms with E-state index in [4.69, 9.17) is 15.0 Å². The molecule has 0 atom stereocenters. The molecule has 0 amide bonds. The summed E-state index contributed by atoms with van der Waals surface area (Å²) in [6.07, 6.45) is 0. The van der Waals surface area contributed by atoms with Gasteiger partial charge in [0.2, 0.25) is 0 Å². The maximum absolute atomic E-state index is 11.3. The van der Waals surface area contributed by atoms with Gasteiger partial charge in [0, 0.05) is 16.5 Å². The third-order valence-corrected chi connectivity index (χ3v) is 3.33. The molecule has 3 N–H and O–H groups in total. The smallest absolute Gasteiger partial charge is 0.295 e. The average molecular weight is 253 g/mol. The van der Waals surface area contributed by atoms with Gasteiger partial charge in [0.25, 0.3) is 10.1 Å². The van der Waals surface area contributed by atoms with Crippen molar-refractivity contribution in [2.45, 2.75) is 4.90 Å². The predicted molar refractivity (Wildman–Crippen MR) is 64.7 cm³/mol. The van der Waals surface area contributed by atoms with Gasteiger partial charge in [0.15, 0.2) is 0 Å². The summed E-state index contributed by atoms with van der Waals surface area (Å²) in [6, 6.07) is 7.74. The molecule has 0 spiro atoms. The van der Waals surface area contributed by atoms with Crippen LogP contribution >= 0.6 is 0 Å². The number of anilines is 1. The average Bonchev–Trinajstić information content (AvgIpc) is 2.26. The van der Waals surface area contributed by atoms with Crippen molar-refractivity contribution in [2.24, 2.45) is 0 Å². The van der Waals surface area contributed by atoms with Gasteiger partial charge in [0.05, 0.1) is 7.11 Å². The molecule has 2 aromatic rings. The highest BCUT2D eigenvalue weighted by Crippen LogP contribution is 2.32. The van der Waals surface area contributed by atoms with E-state index in [0.29, 0.717) is 16.5 Å². The van der Waals surface area contributed by atoms with Crippen molar-refractivity contribution in [3.63, 3.8) is 0 Å². The van der Waals surface area contributed by atoms with E-state index >= 15 is 0 Å². The molecule has 0 heterocycles. The number of hydrogen-bond acceptors (Lipinski definition) is 4. The molecule has 0 saturated carbocycles. The van der Waals surface area contributed by atoms with Gasteiger partial charge < -0.3 is 10.5 Å². The Morgan fingerprint density at radius 1 is 1.24 bits per heavy atom. The zero-order valence-corrected chi connectivity index (χ0v) is 9.86. The van der Waals surface area contributed by atoms with Gasteiger partial charge in [-0.25, -0.2) is 0 Å². The number of nitrogens with two attached hydrogens (primary N) is 1. The van der Waals surface area contributed by atoms with Gasteiger partial charge in [-0.05, 0) is 18.2 Å². The third kappa shape index (κ3) is 2.04. The number of methoxy groups -OCH3 is 1. The van der Waals surface area contributed by atoms with Gasteiger partial charge in [0.1, 0.15) is 10.6 Å². The highest BCUT2D eigenvalue weighted by atomic mass is 32.2. The Morgan fingerprint density at radius 2 is 1.94 bits per heavy atom. The molecule has 0 aliphatic rings. The Labute approximate surface area is 98.6 Å². The normalized spacial score (nSPS) is 11.6. The van der Waals surface area contributed by atoms with Crippen LogP contribution in [0.1, 0.15) is 0 Å². The van der Waals surface area contributed by atoms with Gasteiger partial charge >= 0.3 is 0 Å². The monoisotopic (exact) mass is 253 g/mol. The molecule has 6 heteroatoms. The molecular weight excluding hydrogens is 242 g/mol. The van der Waals surface area contributed by atoms with Crippen molar-refractivity contribution in [1.29, 1.82) is 0 Å². The van der Waals surface area contributed by atoms with Crippen LogP contribution in [0.4, 0.5) is 5.69 Å². The molecule has 17 heavy (non-hydrogen) atoms. The fourth-order valence-electron chi connectivity index (χ4n) is 1.74. The Hall–Kier alpha value is -1.79. The van der Waals surface area contributed by atoms with Crippen LogP contribution in [-0.2, 0) is 10.1 Å². The SMILES string of the molecule is COc1cccc2c(S(=O)(=O)O)cc(N)cc12. The number of ether oxygens (including phenoxy) is 1. The lowest BCUT2D eigenvalue weighted by atomic mass is 10.1. The van der Waals surface area contributed by atoms with Crippen molar-refractivity contribution in [3.8, 4) is 5.75 Å². The van der Waals surface area contributed by atoms with Crippen LogP contribution in [0.15, 0.2) is 35.2 Å². The van der Waals surface area contributed by atoms with E-state index in [1.165, 1.54) is 13.2 Å². The lowest BCUT2D eigenvalue weighted by Gasteiger charge is -2.09. The molecular formula is C11H11NO4S. The van der Waals surface area contributed by atoms with E-state index in [2.05, 4.69) is 0 Å². The molecule has 0 fully saturated rings. The lowest BCUT2D eigenvalue weighted by Crippen LogP contribution is -2.01. The summed E-state index contributed by atoms with van der Waals surface area (Å²) in [5.41, 5.74) is 5.86. The van der Waals surface area contributed by atoms with Crippen LogP contribution in [0.25, 0.3) is 10.8 Å². The summed E-state index contributed by atoms with van der Waals surface area (Å²) in [4.78, 5) is -0.216. The Bertz CT molecular complexity index is 679. The summed E-state index contributed by atoms with van der Waals surface area (Å²) >= 11 is 0. The fraction of sp³-hybridized carbons (Fsp3) is 0.0909. The van der Waals surface area contributed by atoms with Crippen LogP contribution in [-0.4, -0.2) is 20.1 Å². The Morgan fingerprint density at radius 3 is 2.53 bits per heavy atom. The minimum atomic E-state index is -4.31. The van der Waals surface area contributed by atoms with Crippen LogP contribution in [0.3, 0.4) is 0 Å². The number of nitrogen functional groups attached to an aromatic ring is 1. The first-order valence-corrected chi connectivity index (χ1v) is 6.21. The Kier molecular flexibility index (Phi) is 2.68. The van der Waals surface area contributed by atoms with E-state index in [0.717, 1.165) is 0 Å². The van der Waals surface area contributed by atoms with Crippen molar-refractivity contribution in [2.75, 3.05) is 12.8 Å². The fourth-order valence-corrected chi connectivity index (χ4v) is 2.48. The molecule has 0 saturated heterocycles. The van der Waals surface area contributed by atoms with Crippen molar-refractivity contribution in [3.05, 3.63) is 30.3 Å². The zero-order valence-electron chi connectivity index (χ0n) is 9.04. The topological polar surface area (TPSA) is 89.6 Å². The quantitative estimate of drug-likeness (QED) is 0.627. The van der Waals surface area contributed by atoms with Crippen LogP contribution in [0.2, 0.25) is 0 Å².